The maximum atomic E-state index is 2.37. The van der Waals surface area contributed by atoms with Gasteiger partial charge in [-0.3, -0.25) is 0 Å². The third-order valence-corrected chi connectivity index (χ3v) is 3.69. The van der Waals surface area contributed by atoms with E-state index in [2.05, 4.69) is 27.7 Å². The molecule has 0 heteroatoms. The molecule has 0 rings (SSSR count). The van der Waals surface area contributed by atoms with E-state index in [4.69, 9.17) is 0 Å². The Bertz CT molecular complexity index is 126. The van der Waals surface area contributed by atoms with Crippen molar-refractivity contribution in [2.24, 2.45) is 11.8 Å². The van der Waals surface area contributed by atoms with E-state index in [0.717, 1.165) is 11.8 Å². The van der Waals surface area contributed by atoms with Crippen LogP contribution in [0.5, 0.6) is 0 Å². The van der Waals surface area contributed by atoms with Gasteiger partial charge < -0.3 is 0 Å². The highest BCUT2D eigenvalue weighted by molar-refractivity contribution is 4.58. The molecule has 0 radical (unpaired) electrons. The first-order valence-electron chi connectivity index (χ1n) is 7.70. The van der Waals surface area contributed by atoms with Crippen LogP contribution in [-0.2, 0) is 0 Å². The summed E-state index contributed by atoms with van der Waals surface area (Å²) in [5, 5.41) is 0. The van der Waals surface area contributed by atoms with E-state index in [1.165, 1.54) is 64.2 Å². The second-order valence-electron chi connectivity index (χ2n) is 5.80. The van der Waals surface area contributed by atoms with Gasteiger partial charge in [-0.05, 0) is 11.8 Å². The smallest absolute Gasteiger partial charge is 0.0417 e. The molecule has 0 bridgehead atoms. The molecule has 0 saturated carbocycles. The molecule has 0 spiro atoms. The Morgan fingerprint density at radius 1 is 0.688 bits per heavy atom. The third kappa shape index (κ3) is 10.5. The van der Waals surface area contributed by atoms with Gasteiger partial charge in [-0.2, -0.15) is 0 Å². The van der Waals surface area contributed by atoms with Gasteiger partial charge in [0.2, 0.25) is 0 Å². The minimum absolute atomic E-state index is 0.895. The topological polar surface area (TPSA) is 0 Å². The summed E-state index contributed by atoms with van der Waals surface area (Å²) in [6.45, 7) is 9.33. The Morgan fingerprint density at radius 3 is 1.75 bits per heavy atom. The minimum Gasteiger partial charge on any atom is -0.0654 e. The van der Waals surface area contributed by atoms with Crippen LogP contribution in [0.15, 0.2) is 0 Å². The van der Waals surface area contributed by atoms with Crippen molar-refractivity contribution < 1.29 is 0 Å². The molecule has 0 aliphatic rings. The SMILES string of the molecule is CCCCCC(CC)CCCCCC(C)C. The second kappa shape index (κ2) is 11.5. The largest absolute Gasteiger partial charge is 0.0654 e. The molecule has 0 nitrogen and oxygen atoms in total. The molecule has 0 heterocycles. The van der Waals surface area contributed by atoms with E-state index in [0.29, 0.717) is 0 Å². The molecular formula is C16H34. The van der Waals surface area contributed by atoms with Gasteiger partial charge in [0.1, 0.15) is 0 Å². The molecular weight excluding hydrogens is 192 g/mol. The maximum Gasteiger partial charge on any atom is -0.0417 e. The number of rotatable bonds is 11. The lowest BCUT2D eigenvalue weighted by atomic mass is 9.92. The van der Waals surface area contributed by atoms with Crippen LogP contribution in [-0.4, -0.2) is 0 Å². The molecule has 0 aliphatic heterocycles. The van der Waals surface area contributed by atoms with E-state index in [1.54, 1.807) is 0 Å². The lowest BCUT2D eigenvalue weighted by Crippen LogP contribution is -1.99. The third-order valence-electron chi connectivity index (χ3n) is 3.69. The molecule has 0 saturated heterocycles. The molecule has 1 atom stereocenters. The van der Waals surface area contributed by atoms with Crippen molar-refractivity contribution in [2.45, 2.75) is 91.9 Å². The van der Waals surface area contributed by atoms with Gasteiger partial charge in [0.15, 0.2) is 0 Å². The zero-order valence-electron chi connectivity index (χ0n) is 12.2. The first-order valence-corrected chi connectivity index (χ1v) is 7.70. The van der Waals surface area contributed by atoms with Gasteiger partial charge in [-0.1, -0.05) is 91.9 Å². The van der Waals surface area contributed by atoms with Crippen molar-refractivity contribution in [3.8, 4) is 0 Å². The van der Waals surface area contributed by atoms with E-state index >= 15 is 0 Å². The quantitative estimate of drug-likeness (QED) is 0.368. The Hall–Kier alpha value is 0. The molecule has 0 aliphatic carbocycles. The maximum absolute atomic E-state index is 2.37. The Morgan fingerprint density at radius 2 is 1.25 bits per heavy atom. The Labute approximate surface area is 104 Å². The average molecular weight is 226 g/mol. The molecule has 0 N–H and O–H groups in total. The fourth-order valence-electron chi connectivity index (χ4n) is 2.40. The lowest BCUT2D eigenvalue weighted by Gasteiger charge is -2.14. The normalized spacial score (nSPS) is 13.3. The van der Waals surface area contributed by atoms with Crippen molar-refractivity contribution in [1.82, 2.24) is 0 Å². The molecule has 98 valence electrons. The van der Waals surface area contributed by atoms with E-state index in [-0.39, 0.29) is 0 Å². The summed E-state index contributed by atoms with van der Waals surface area (Å²) < 4.78 is 0. The van der Waals surface area contributed by atoms with Gasteiger partial charge in [0.05, 0.1) is 0 Å². The van der Waals surface area contributed by atoms with E-state index in [9.17, 15) is 0 Å². The minimum atomic E-state index is 0.895. The fraction of sp³-hybridized carbons (Fsp3) is 1.00. The summed E-state index contributed by atoms with van der Waals surface area (Å²) in [7, 11) is 0. The number of unbranched alkanes of at least 4 members (excludes halogenated alkanes) is 4. The molecule has 0 aromatic heterocycles. The molecule has 0 fully saturated rings. The van der Waals surface area contributed by atoms with Gasteiger partial charge in [-0.25, -0.2) is 0 Å². The van der Waals surface area contributed by atoms with Crippen molar-refractivity contribution in [2.75, 3.05) is 0 Å². The first kappa shape index (κ1) is 16.0. The number of hydrogen-bond acceptors (Lipinski definition) is 0. The van der Waals surface area contributed by atoms with Crippen molar-refractivity contribution in [3.63, 3.8) is 0 Å². The first-order chi connectivity index (χ1) is 7.70. The van der Waals surface area contributed by atoms with Crippen molar-refractivity contribution in [3.05, 3.63) is 0 Å². The van der Waals surface area contributed by atoms with E-state index < -0.39 is 0 Å². The average Bonchev–Trinajstić information content (AvgIpc) is 2.26. The standard InChI is InChI=1S/C16H34/c1-5-7-9-13-16(6-2)14-11-8-10-12-15(3)4/h15-16H,5-14H2,1-4H3. The zero-order chi connectivity index (χ0) is 12.2. The summed E-state index contributed by atoms with van der Waals surface area (Å²) in [6, 6.07) is 0. The van der Waals surface area contributed by atoms with Crippen molar-refractivity contribution in [1.29, 1.82) is 0 Å². The molecule has 0 amide bonds. The second-order valence-corrected chi connectivity index (χ2v) is 5.80. The van der Waals surface area contributed by atoms with E-state index in [1.807, 2.05) is 0 Å². The highest BCUT2D eigenvalue weighted by Gasteiger charge is 2.05. The van der Waals surface area contributed by atoms with Crippen LogP contribution in [0.1, 0.15) is 91.9 Å². The lowest BCUT2D eigenvalue weighted by molar-refractivity contribution is 0.392. The Kier molecular flexibility index (Phi) is 11.5. The molecule has 0 aromatic carbocycles. The van der Waals surface area contributed by atoms with Crippen LogP contribution in [0, 0.1) is 11.8 Å². The predicted molar refractivity (Wildman–Crippen MR) is 75.8 cm³/mol. The summed E-state index contributed by atoms with van der Waals surface area (Å²) in [5.41, 5.74) is 0. The van der Waals surface area contributed by atoms with Gasteiger partial charge in [0.25, 0.3) is 0 Å². The van der Waals surface area contributed by atoms with Crippen LogP contribution in [0.2, 0.25) is 0 Å². The van der Waals surface area contributed by atoms with Gasteiger partial charge in [0, 0.05) is 0 Å². The monoisotopic (exact) mass is 226 g/mol. The van der Waals surface area contributed by atoms with Crippen LogP contribution in [0.4, 0.5) is 0 Å². The summed E-state index contributed by atoms with van der Waals surface area (Å²) >= 11 is 0. The van der Waals surface area contributed by atoms with Crippen LogP contribution >= 0.6 is 0 Å². The molecule has 0 aromatic rings. The molecule has 16 heavy (non-hydrogen) atoms. The van der Waals surface area contributed by atoms with Gasteiger partial charge in [-0.15, -0.1) is 0 Å². The van der Waals surface area contributed by atoms with Crippen molar-refractivity contribution >= 4 is 0 Å². The number of hydrogen-bond donors (Lipinski definition) is 0. The molecule has 1 unspecified atom stereocenters. The highest BCUT2D eigenvalue weighted by atomic mass is 14.1. The van der Waals surface area contributed by atoms with Crippen LogP contribution in [0.25, 0.3) is 0 Å². The zero-order valence-corrected chi connectivity index (χ0v) is 12.2. The van der Waals surface area contributed by atoms with Gasteiger partial charge >= 0.3 is 0 Å². The summed E-state index contributed by atoms with van der Waals surface area (Å²) in [4.78, 5) is 0. The Balaban J connectivity index is 3.33. The summed E-state index contributed by atoms with van der Waals surface area (Å²) in [6.07, 6.45) is 14.4. The van der Waals surface area contributed by atoms with Crippen LogP contribution < -0.4 is 0 Å². The predicted octanol–water partition coefficient (Wildman–Crippen LogP) is 6.20. The summed E-state index contributed by atoms with van der Waals surface area (Å²) in [5.74, 6) is 1.91. The highest BCUT2D eigenvalue weighted by Crippen LogP contribution is 2.21. The van der Waals surface area contributed by atoms with Crippen LogP contribution in [0.3, 0.4) is 0 Å². The fourth-order valence-corrected chi connectivity index (χ4v) is 2.40.